The van der Waals surface area contributed by atoms with Gasteiger partial charge in [0.05, 0.1) is 17.9 Å². The monoisotopic (exact) mass is 286 g/mol. The molecule has 0 amide bonds. The van der Waals surface area contributed by atoms with Gasteiger partial charge >= 0.3 is 5.69 Å². The standard InChI is InChI=1S/C13H10N4O4/c18-11-8(12(19)15-13(20)14-11)17-16-6-3-1-5(2-4-6)7-9-10(7)21-9/h1-4,7,9-10H,(H3,14,15,18,19,20). The van der Waals surface area contributed by atoms with Crippen molar-refractivity contribution >= 4 is 11.4 Å². The van der Waals surface area contributed by atoms with Crippen molar-refractivity contribution in [3.05, 3.63) is 50.7 Å². The van der Waals surface area contributed by atoms with E-state index in [2.05, 4.69) is 10.2 Å². The Labute approximate surface area is 117 Å². The van der Waals surface area contributed by atoms with E-state index in [1.807, 2.05) is 22.1 Å². The number of nitrogens with zero attached hydrogens (tertiary/aromatic N) is 2. The van der Waals surface area contributed by atoms with Crippen LogP contribution in [0, 0.1) is 0 Å². The minimum absolute atomic E-state index is 0.337. The van der Waals surface area contributed by atoms with Crippen LogP contribution in [0.1, 0.15) is 11.5 Å². The van der Waals surface area contributed by atoms with Crippen molar-refractivity contribution in [3.8, 4) is 5.88 Å². The van der Waals surface area contributed by atoms with Gasteiger partial charge in [0.2, 0.25) is 11.6 Å². The van der Waals surface area contributed by atoms with Gasteiger partial charge in [-0.25, -0.2) is 4.79 Å². The molecule has 1 aromatic heterocycles. The molecule has 1 aliphatic heterocycles. The van der Waals surface area contributed by atoms with Crippen LogP contribution in [0.3, 0.4) is 0 Å². The van der Waals surface area contributed by atoms with Gasteiger partial charge in [0, 0.05) is 5.92 Å². The lowest BCUT2D eigenvalue weighted by molar-refractivity contribution is 0.267. The summed E-state index contributed by atoms with van der Waals surface area (Å²) in [6.07, 6.45) is 0.795. The van der Waals surface area contributed by atoms with Gasteiger partial charge in [0.15, 0.2) is 0 Å². The number of azo groups is 1. The maximum atomic E-state index is 11.5. The highest BCUT2D eigenvalue weighted by molar-refractivity contribution is 5.46. The van der Waals surface area contributed by atoms with Gasteiger partial charge in [-0.05, 0) is 17.7 Å². The lowest BCUT2D eigenvalue weighted by Crippen LogP contribution is -2.20. The zero-order valence-electron chi connectivity index (χ0n) is 10.6. The van der Waals surface area contributed by atoms with Crippen molar-refractivity contribution in [2.75, 3.05) is 0 Å². The van der Waals surface area contributed by atoms with E-state index in [1.165, 1.54) is 5.56 Å². The number of benzene rings is 1. The molecule has 8 heteroatoms. The number of aromatic amines is 2. The van der Waals surface area contributed by atoms with Crippen molar-refractivity contribution in [2.24, 2.45) is 10.2 Å². The first kappa shape index (κ1) is 12.0. The summed E-state index contributed by atoms with van der Waals surface area (Å²) in [4.78, 5) is 26.4. The van der Waals surface area contributed by atoms with Gasteiger partial charge in [-0.1, -0.05) is 12.1 Å². The first-order chi connectivity index (χ1) is 10.1. The third-order valence-electron chi connectivity index (χ3n) is 3.57. The highest BCUT2D eigenvalue weighted by atomic mass is 16.6. The largest absolute Gasteiger partial charge is 0.493 e. The third kappa shape index (κ3) is 2.05. The summed E-state index contributed by atoms with van der Waals surface area (Å²) < 4.78 is 5.21. The van der Waals surface area contributed by atoms with Crippen molar-refractivity contribution in [3.63, 3.8) is 0 Å². The zero-order valence-corrected chi connectivity index (χ0v) is 10.6. The average Bonchev–Trinajstić information content (AvgIpc) is 3.30. The van der Waals surface area contributed by atoms with E-state index in [-0.39, 0.29) is 5.69 Å². The molecule has 1 aliphatic carbocycles. The number of aromatic nitrogens is 2. The fourth-order valence-electron chi connectivity index (χ4n) is 2.28. The Bertz CT molecular complexity index is 844. The summed E-state index contributed by atoms with van der Waals surface area (Å²) in [6, 6.07) is 7.41. The van der Waals surface area contributed by atoms with Gasteiger partial charge in [-0.2, -0.15) is 5.11 Å². The van der Waals surface area contributed by atoms with Crippen LogP contribution in [0.25, 0.3) is 0 Å². The zero-order chi connectivity index (χ0) is 14.6. The van der Waals surface area contributed by atoms with E-state index in [4.69, 9.17) is 4.74 Å². The molecule has 2 heterocycles. The lowest BCUT2D eigenvalue weighted by atomic mass is 10.1. The fraction of sp³-hybridized carbons (Fsp3) is 0.231. The van der Waals surface area contributed by atoms with Gasteiger partial charge in [0.1, 0.15) is 0 Å². The summed E-state index contributed by atoms with van der Waals surface area (Å²) in [7, 11) is 0. The maximum absolute atomic E-state index is 11.5. The number of rotatable bonds is 3. The molecule has 21 heavy (non-hydrogen) atoms. The summed E-state index contributed by atoms with van der Waals surface area (Å²) in [5.41, 5.74) is -0.202. The molecule has 0 radical (unpaired) electrons. The van der Waals surface area contributed by atoms with Gasteiger partial charge in [-0.3, -0.25) is 14.8 Å². The molecule has 2 aliphatic rings. The number of hydrogen-bond acceptors (Lipinski definition) is 6. The molecule has 2 fully saturated rings. The Morgan fingerprint density at radius 3 is 2.33 bits per heavy atom. The van der Waals surface area contributed by atoms with Gasteiger partial charge in [0.25, 0.3) is 5.56 Å². The molecular formula is C13H10N4O4. The van der Waals surface area contributed by atoms with Crippen LogP contribution >= 0.6 is 0 Å². The number of aromatic hydroxyl groups is 1. The summed E-state index contributed by atoms with van der Waals surface area (Å²) in [5.74, 6) is -0.110. The topological polar surface area (TPSA) is 123 Å². The molecule has 2 unspecified atom stereocenters. The molecule has 2 atom stereocenters. The molecule has 0 spiro atoms. The second-order valence-corrected chi connectivity index (χ2v) is 4.99. The van der Waals surface area contributed by atoms with Crippen molar-refractivity contribution in [2.45, 2.75) is 18.1 Å². The van der Waals surface area contributed by atoms with Crippen LogP contribution in [-0.2, 0) is 4.74 Å². The van der Waals surface area contributed by atoms with Gasteiger partial charge in [-0.15, -0.1) is 5.11 Å². The van der Waals surface area contributed by atoms with Crippen LogP contribution in [0.2, 0.25) is 0 Å². The molecule has 0 bridgehead atoms. The van der Waals surface area contributed by atoms with Crippen molar-refractivity contribution in [1.82, 2.24) is 9.97 Å². The molecular weight excluding hydrogens is 276 g/mol. The van der Waals surface area contributed by atoms with Crippen molar-refractivity contribution in [1.29, 1.82) is 0 Å². The van der Waals surface area contributed by atoms with Crippen LogP contribution in [0.15, 0.2) is 44.1 Å². The number of hydrogen-bond donors (Lipinski definition) is 3. The van der Waals surface area contributed by atoms with Crippen LogP contribution < -0.4 is 11.2 Å². The van der Waals surface area contributed by atoms with Crippen LogP contribution in [0.5, 0.6) is 5.88 Å². The molecule has 1 aromatic carbocycles. The van der Waals surface area contributed by atoms with E-state index in [0.717, 1.165) is 0 Å². The van der Waals surface area contributed by atoms with E-state index in [9.17, 15) is 14.7 Å². The van der Waals surface area contributed by atoms with Crippen LogP contribution in [-0.4, -0.2) is 27.3 Å². The second kappa shape index (κ2) is 4.13. The molecule has 106 valence electrons. The Hall–Kier alpha value is -2.74. The minimum Gasteiger partial charge on any atom is -0.493 e. The number of ether oxygens (including phenoxy) is 1. The van der Waals surface area contributed by atoms with E-state index >= 15 is 0 Å². The maximum Gasteiger partial charge on any atom is 0.328 e. The first-order valence-corrected chi connectivity index (χ1v) is 6.36. The first-order valence-electron chi connectivity index (χ1n) is 6.36. The minimum atomic E-state index is -0.800. The van der Waals surface area contributed by atoms with E-state index < -0.39 is 17.1 Å². The smallest absolute Gasteiger partial charge is 0.328 e. The summed E-state index contributed by atoms with van der Waals surface area (Å²) in [6.45, 7) is 0. The Balaban J connectivity index is 1.57. The summed E-state index contributed by atoms with van der Waals surface area (Å²) >= 11 is 0. The fourth-order valence-corrected chi connectivity index (χ4v) is 2.28. The number of H-pyrrole nitrogens is 2. The van der Waals surface area contributed by atoms with Crippen molar-refractivity contribution < 1.29 is 9.84 Å². The van der Waals surface area contributed by atoms with E-state index in [1.54, 1.807) is 12.1 Å². The van der Waals surface area contributed by atoms with Crippen LogP contribution in [0.4, 0.5) is 11.4 Å². The molecule has 4 rings (SSSR count). The average molecular weight is 286 g/mol. The highest BCUT2D eigenvalue weighted by Gasteiger charge is 2.68. The molecule has 2 aromatic rings. The normalized spacial score (nSPS) is 25.8. The Morgan fingerprint density at radius 2 is 1.76 bits per heavy atom. The molecule has 1 saturated carbocycles. The Morgan fingerprint density at radius 1 is 1.05 bits per heavy atom. The molecule has 3 N–H and O–H groups in total. The summed E-state index contributed by atoms with van der Waals surface area (Å²) in [5, 5.41) is 17.0. The Kier molecular flexibility index (Phi) is 2.36. The second-order valence-electron chi connectivity index (χ2n) is 4.99. The third-order valence-corrected chi connectivity index (χ3v) is 3.57. The number of fused-ring (bicyclic) bond motifs is 1. The number of nitrogens with one attached hydrogen (secondary N) is 2. The predicted octanol–water partition coefficient (Wildman–Crippen LogP) is 1.05. The number of epoxide rings is 1. The SMILES string of the molecule is O=c1[nH]c(O)c(N=Nc2ccc(C3C4OC43)cc2)c(=O)[nH]1. The molecule has 1 saturated heterocycles. The predicted molar refractivity (Wildman–Crippen MR) is 71.4 cm³/mol. The lowest BCUT2D eigenvalue weighted by Gasteiger charge is -2.03. The quantitative estimate of drug-likeness (QED) is 0.576. The van der Waals surface area contributed by atoms with Gasteiger partial charge < -0.3 is 9.84 Å². The molecule has 8 nitrogen and oxygen atoms in total. The van der Waals surface area contributed by atoms with E-state index in [0.29, 0.717) is 23.8 Å². The highest BCUT2D eigenvalue weighted by Crippen LogP contribution is 2.59.